The summed E-state index contributed by atoms with van der Waals surface area (Å²) in [6.45, 7) is 0. The molecule has 0 saturated carbocycles. The number of hydrogen-bond donors (Lipinski definition) is 3. The number of carbonyl (C=O) groups excluding carboxylic acids is 3. The predicted octanol–water partition coefficient (Wildman–Crippen LogP) is 3.70. The lowest BCUT2D eigenvalue weighted by Crippen LogP contribution is -2.30. The van der Waals surface area contributed by atoms with Crippen LogP contribution in [-0.4, -0.2) is 44.8 Å². The topological polar surface area (TPSA) is 129 Å². The summed E-state index contributed by atoms with van der Waals surface area (Å²) in [5.74, 6) is -0.180. The molecule has 0 heterocycles. The number of rotatable bonds is 11. The SMILES string of the molecule is COc1cc(/C=C(/NC(=O)c2ccccc2)C(=O)Nc2cccc(SCC(N)=O)c2)cc(OC)c1OC. The van der Waals surface area contributed by atoms with Crippen LogP contribution in [0, 0.1) is 0 Å². The Morgan fingerprint density at radius 2 is 1.57 bits per heavy atom. The first kappa shape index (κ1) is 27.2. The van der Waals surface area contributed by atoms with Crippen LogP contribution in [0.15, 0.2) is 77.3 Å². The average molecular weight is 522 g/mol. The van der Waals surface area contributed by atoms with E-state index in [9.17, 15) is 14.4 Å². The summed E-state index contributed by atoms with van der Waals surface area (Å²) in [4.78, 5) is 38.1. The van der Waals surface area contributed by atoms with E-state index in [-0.39, 0.29) is 11.4 Å². The average Bonchev–Trinajstić information content (AvgIpc) is 2.91. The van der Waals surface area contributed by atoms with Gasteiger partial charge in [0, 0.05) is 16.1 Å². The lowest BCUT2D eigenvalue weighted by atomic mass is 10.1. The molecule has 0 unspecified atom stereocenters. The van der Waals surface area contributed by atoms with Crippen molar-refractivity contribution in [3.63, 3.8) is 0 Å². The highest BCUT2D eigenvalue weighted by Crippen LogP contribution is 2.38. The maximum absolute atomic E-state index is 13.3. The van der Waals surface area contributed by atoms with Gasteiger partial charge in [-0.15, -0.1) is 11.8 Å². The summed E-state index contributed by atoms with van der Waals surface area (Å²) < 4.78 is 16.2. The minimum absolute atomic E-state index is 0.0154. The Labute approximate surface area is 219 Å². The van der Waals surface area contributed by atoms with E-state index in [1.54, 1.807) is 66.7 Å². The van der Waals surface area contributed by atoms with E-state index in [0.717, 1.165) is 4.90 Å². The van der Waals surface area contributed by atoms with Gasteiger partial charge in [-0.05, 0) is 54.1 Å². The molecule has 192 valence electrons. The van der Waals surface area contributed by atoms with Gasteiger partial charge in [0.1, 0.15) is 5.70 Å². The molecular weight excluding hydrogens is 494 g/mol. The van der Waals surface area contributed by atoms with Crippen molar-refractivity contribution in [1.29, 1.82) is 0 Å². The maximum atomic E-state index is 13.3. The van der Waals surface area contributed by atoms with Crippen LogP contribution in [0.25, 0.3) is 6.08 Å². The van der Waals surface area contributed by atoms with Gasteiger partial charge in [-0.2, -0.15) is 0 Å². The van der Waals surface area contributed by atoms with Crippen LogP contribution in [-0.2, 0) is 9.59 Å². The van der Waals surface area contributed by atoms with Crippen molar-refractivity contribution >= 4 is 41.2 Å². The Hall–Kier alpha value is -4.44. The zero-order valence-electron chi connectivity index (χ0n) is 20.6. The molecule has 0 aliphatic carbocycles. The molecule has 37 heavy (non-hydrogen) atoms. The molecular formula is C27H27N3O6S. The van der Waals surface area contributed by atoms with E-state index in [1.807, 2.05) is 0 Å². The first-order chi connectivity index (χ1) is 17.8. The maximum Gasteiger partial charge on any atom is 0.272 e. The molecule has 3 amide bonds. The first-order valence-electron chi connectivity index (χ1n) is 11.0. The number of methoxy groups -OCH3 is 3. The normalized spacial score (nSPS) is 10.8. The highest BCUT2D eigenvalue weighted by atomic mass is 32.2. The lowest BCUT2D eigenvalue weighted by Gasteiger charge is -2.15. The zero-order valence-corrected chi connectivity index (χ0v) is 21.4. The van der Waals surface area contributed by atoms with Crippen LogP contribution in [0.4, 0.5) is 5.69 Å². The van der Waals surface area contributed by atoms with Crippen LogP contribution in [0.1, 0.15) is 15.9 Å². The highest BCUT2D eigenvalue weighted by Gasteiger charge is 2.18. The number of anilines is 1. The molecule has 4 N–H and O–H groups in total. The predicted molar refractivity (Wildman–Crippen MR) is 143 cm³/mol. The third-order valence-electron chi connectivity index (χ3n) is 5.00. The fourth-order valence-corrected chi connectivity index (χ4v) is 4.00. The van der Waals surface area contributed by atoms with Crippen molar-refractivity contribution in [1.82, 2.24) is 5.32 Å². The molecule has 0 aliphatic heterocycles. The molecule has 0 saturated heterocycles. The third-order valence-corrected chi connectivity index (χ3v) is 6.02. The third kappa shape index (κ3) is 7.52. The highest BCUT2D eigenvalue weighted by molar-refractivity contribution is 8.00. The first-order valence-corrected chi connectivity index (χ1v) is 12.0. The molecule has 0 bridgehead atoms. The van der Waals surface area contributed by atoms with Crippen molar-refractivity contribution in [3.05, 3.63) is 83.6 Å². The van der Waals surface area contributed by atoms with Gasteiger partial charge in [-0.3, -0.25) is 14.4 Å². The minimum Gasteiger partial charge on any atom is -0.493 e. The van der Waals surface area contributed by atoms with Crippen LogP contribution >= 0.6 is 11.8 Å². The Balaban J connectivity index is 1.96. The number of carbonyl (C=O) groups is 3. The number of nitrogens with one attached hydrogen (secondary N) is 2. The smallest absolute Gasteiger partial charge is 0.272 e. The summed E-state index contributed by atoms with van der Waals surface area (Å²) in [5, 5.41) is 5.48. The zero-order chi connectivity index (χ0) is 26.8. The second kappa shape index (κ2) is 13.0. The largest absolute Gasteiger partial charge is 0.493 e. The second-order valence-electron chi connectivity index (χ2n) is 7.57. The van der Waals surface area contributed by atoms with Gasteiger partial charge in [0.05, 0.1) is 27.1 Å². The van der Waals surface area contributed by atoms with Gasteiger partial charge in [-0.1, -0.05) is 24.3 Å². The van der Waals surface area contributed by atoms with Crippen molar-refractivity contribution < 1.29 is 28.6 Å². The van der Waals surface area contributed by atoms with Crippen molar-refractivity contribution in [2.75, 3.05) is 32.4 Å². The van der Waals surface area contributed by atoms with E-state index in [1.165, 1.54) is 39.2 Å². The number of hydrogen-bond acceptors (Lipinski definition) is 7. The summed E-state index contributed by atoms with van der Waals surface area (Å²) in [6.07, 6.45) is 1.51. The van der Waals surface area contributed by atoms with Crippen molar-refractivity contribution in [3.8, 4) is 17.2 Å². The molecule has 10 heteroatoms. The van der Waals surface area contributed by atoms with Crippen LogP contribution < -0.4 is 30.6 Å². The van der Waals surface area contributed by atoms with Gasteiger partial charge in [0.25, 0.3) is 11.8 Å². The molecule has 0 spiro atoms. The molecule has 0 radical (unpaired) electrons. The Bertz CT molecular complexity index is 1290. The molecule has 3 rings (SSSR count). The summed E-state index contributed by atoms with van der Waals surface area (Å²) in [6, 6.07) is 18.8. The van der Waals surface area contributed by atoms with Gasteiger partial charge >= 0.3 is 0 Å². The fourth-order valence-electron chi connectivity index (χ4n) is 3.31. The van der Waals surface area contributed by atoms with Crippen LogP contribution in [0.5, 0.6) is 17.2 Å². The summed E-state index contributed by atoms with van der Waals surface area (Å²) >= 11 is 1.25. The molecule has 0 atom stereocenters. The van der Waals surface area contributed by atoms with Crippen LogP contribution in [0.2, 0.25) is 0 Å². The molecule has 0 aromatic heterocycles. The van der Waals surface area contributed by atoms with E-state index >= 15 is 0 Å². The second-order valence-corrected chi connectivity index (χ2v) is 8.62. The number of amides is 3. The van der Waals surface area contributed by atoms with E-state index < -0.39 is 17.7 Å². The van der Waals surface area contributed by atoms with Crippen molar-refractivity contribution in [2.24, 2.45) is 5.73 Å². The summed E-state index contributed by atoms with van der Waals surface area (Å²) in [5.41, 5.74) is 6.60. The number of ether oxygens (including phenoxy) is 3. The molecule has 0 aliphatic rings. The number of benzene rings is 3. The quantitative estimate of drug-likeness (QED) is 0.259. The summed E-state index contributed by atoms with van der Waals surface area (Å²) in [7, 11) is 4.46. The Morgan fingerprint density at radius 3 is 2.16 bits per heavy atom. The Morgan fingerprint density at radius 1 is 0.892 bits per heavy atom. The van der Waals surface area contributed by atoms with E-state index in [0.29, 0.717) is 34.1 Å². The lowest BCUT2D eigenvalue weighted by molar-refractivity contribution is -0.115. The van der Waals surface area contributed by atoms with Gasteiger partial charge in [0.2, 0.25) is 11.7 Å². The molecule has 9 nitrogen and oxygen atoms in total. The molecule has 0 fully saturated rings. The fraction of sp³-hybridized carbons (Fsp3) is 0.148. The van der Waals surface area contributed by atoms with Gasteiger partial charge in [-0.25, -0.2) is 0 Å². The Kier molecular flexibility index (Phi) is 9.56. The standard InChI is InChI=1S/C27H27N3O6S/c1-34-22-13-17(14-23(35-2)25(22)36-3)12-21(30-26(32)18-8-5-4-6-9-18)27(33)29-19-10-7-11-20(15-19)37-16-24(28)31/h4-15H,16H2,1-3H3,(H2,28,31)(H,29,33)(H,30,32)/b21-12+. The monoisotopic (exact) mass is 521 g/mol. The van der Waals surface area contributed by atoms with Gasteiger partial charge < -0.3 is 30.6 Å². The molecule has 3 aromatic rings. The van der Waals surface area contributed by atoms with Gasteiger partial charge in [0.15, 0.2) is 11.5 Å². The van der Waals surface area contributed by atoms with E-state index in [2.05, 4.69) is 10.6 Å². The minimum atomic E-state index is -0.560. The van der Waals surface area contributed by atoms with Crippen molar-refractivity contribution in [2.45, 2.75) is 4.90 Å². The number of nitrogens with two attached hydrogens (primary N) is 1. The number of thioether (sulfide) groups is 1. The number of primary amides is 1. The van der Waals surface area contributed by atoms with Crippen LogP contribution in [0.3, 0.4) is 0 Å². The van der Waals surface area contributed by atoms with E-state index in [4.69, 9.17) is 19.9 Å². The molecule has 3 aromatic carbocycles.